The van der Waals surface area contributed by atoms with Crippen LogP contribution in [-0.2, 0) is 11.3 Å². The molecule has 0 radical (unpaired) electrons. The number of amides is 1. The molecule has 0 unspecified atom stereocenters. The molecule has 0 N–H and O–H groups in total. The van der Waals surface area contributed by atoms with Crippen molar-refractivity contribution in [2.24, 2.45) is 4.99 Å². The summed E-state index contributed by atoms with van der Waals surface area (Å²) in [7, 11) is 3.25. The Bertz CT molecular complexity index is 1030. The van der Waals surface area contributed by atoms with E-state index in [1.165, 1.54) is 17.4 Å². The van der Waals surface area contributed by atoms with Gasteiger partial charge in [-0.05, 0) is 36.4 Å². The van der Waals surface area contributed by atoms with E-state index in [0.717, 1.165) is 16.0 Å². The number of benzene rings is 2. The summed E-state index contributed by atoms with van der Waals surface area (Å²) in [6.07, 6.45) is 0. The minimum absolute atomic E-state index is 0.275. The predicted molar refractivity (Wildman–Crippen MR) is 105 cm³/mol. The molecule has 1 amide bonds. The van der Waals surface area contributed by atoms with Crippen molar-refractivity contribution in [3.8, 4) is 5.75 Å². The molecule has 1 heterocycles. The smallest absolute Gasteiger partial charge is 0.281 e. The fourth-order valence-corrected chi connectivity index (χ4v) is 4.05. The molecule has 8 heteroatoms. The highest BCUT2D eigenvalue weighted by atomic mass is 35.5. The molecular weight excluding hydrogens is 395 g/mol. The molecule has 0 aliphatic carbocycles. The van der Waals surface area contributed by atoms with Crippen molar-refractivity contribution in [1.82, 2.24) is 4.57 Å². The van der Waals surface area contributed by atoms with Crippen LogP contribution in [0, 0.1) is 0 Å². The average molecular weight is 411 g/mol. The Morgan fingerprint density at radius 1 is 1.19 bits per heavy atom. The molecule has 0 aliphatic rings. The number of methoxy groups -OCH3 is 2. The monoisotopic (exact) mass is 410 g/mol. The minimum Gasteiger partial charge on any atom is -0.497 e. The number of hydrogen-bond donors (Lipinski definition) is 0. The zero-order chi connectivity index (χ0) is 18.7. The summed E-state index contributed by atoms with van der Waals surface area (Å²) in [5.41, 5.74) is 1.27. The molecule has 0 bridgehead atoms. The van der Waals surface area contributed by atoms with E-state index in [0.29, 0.717) is 28.5 Å². The van der Waals surface area contributed by atoms with Crippen LogP contribution in [0.15, 0.2) is 41.4 Å². The number of nitrogens with zero attached hydrogens (tertiary/aromatic N) is 2. The molecule has 0 saturated heterocycles. The number of aromatic nitrogens is 1. The first kappa shape index (κ1) is 18.9. The van der Waals surface area contributed by atoms with Crippen LogP contribution < -0.4 is 9.54 Å². The van der Waals surface area contributed by atoms with E-state index < -0.39 is 5.91 Å². The lowest BCUT2D eigenvalue weighted by molar-refractivity contribution is 0.0997. The van der Waals surface area contributed by atoms with E-state index in [2.05, 4.69) is 4.99 Å². The molecular formula is C18H16Cl2N2O3S. The van der Waals surface area contributed by atoms with E-state index in [1.807, 2.05) is 22.8 Å². The third-order valence-corrected chi connectivity index (χ3v) is 5.36. The van der Waals surface area contributed by atoms with Crippen LogP contribution >= 0.6 is 34.5 Å². The number of thiazole rings is 1. The van der Waals surface area contributed by atoms with Gasteiger partial charge < -0.3 is 14.0 Å². The molecule has 5 nitrogen and oxygen atoms in total. The summed E-state index contributed by atoms with van der Waals surface area (Å²) in [4.78, 5) is 17.5. The number of halogens is 2. The third kappa shape index (κ3) is 3.94. The first-order valence-electron chi connectivity index (χ1n) is 7.74. The van der Waals surface area contributed by atoms with Crippen molar-refractivity contribution in [1.29, 1.82) is 0 Å². The van der Waals surface area contributed by atoms with E-state index in [-0.39, 0.29) is 5.02 Å². The van der Waals surface area contributed by atoms with Crippen molar-refractivity contribution in [3.63, 3.8) is 0 Å². The highest BCUT2D eigenvalue weighted by molar-refractivity contribution is 7.16. The Hall–Kier alpha value is -1.86. The minimum atomic E-state index is -0.420. The van der Waals surface area contributed by atoms with Crippen LogP contribution in [0.3, 0.4) is 0 Å². The lowest BCUT2D eigenvalue weighted by atomic mass is 10.2. The highest BCUT2D eigenvalue weighted by Crippen LogP contribution is 2.24. The maximum atomic E-state index is 12.6. The Morgan fingerprint density at radius 2 is 2.00 bits per heavy atom. The van der Waals surface area contributed by atoms with Crippen molar-refractivity contribution in [2.75, 3.05) is 20.8 Å². The van der Waals surface area contributed by atoms with Gasteiger partial charge in [0.25, 0.3) is 5.91 Å². The normalized spacial score (nSPS) is 11.9. The molecule has 0 atom stereocenters. The molecule has 0 aliphatic heterocycles. The van der Waals surface area contributed by atoms with Gasteiger partial charge in [-0.15, -0.1) is 0 Å². The van der Waals surface area contributed by atoms with Crippen molar-refractivity contribution in [2.45, 2.75) is 6.54 Å². The number of ether oxygens (including phenoxy) is 2. The zero-order valence-electron chi connectivity index (χ0n) is 14.2. The summed E-state index contributed by atoms with van der Waals surface area (Å²) in [5.74, 6) is 0.326. The molecule has 3 rings (SSSR count). The van der Waals surface area contributed by atoms with Gasteiger partial charge in [-0.25, -0.2) is 0 Å². The van der Waals surface area contributed by atoms with Crippen LogP contribution in [-0.4, -0.2) is 31.3 Å². The van der Waals surface area contributed by atoms with Crippen LogP contribution in [0.2, 0.25) is 10.0 Å². The molecule has 136 valence electrons. The van der Waals surface area contributed by atoms with Crippen molar-refractivity contribution in [3.05, 3.63) is 56.8 Å². The lowest BCUT2D eigenvalue weighted by Gasteiger charge is -2.05. The van der Waals surface area contributed by atoms with Gasteiger partial charge in [0.2, 0.25) is 0 Å². The number of carbonyl (C=O) groups excluding carboxylic acids is 1. The van der Waals surface area contributed by atoms with Gasteiger partial charge in [0.15, 0.2) is 4.80 Å². The third-order valence-electron chi connectivity index (χ3n) is 3.77. The fourth-order valence-electron chi connectivity index (χ4n) is 2.47. The molecule has 0 fully saturated rings. The number of fused-ring (bicyclic) bond motifs is 1. The van der Waals surface area contributed by atoms with Crippen LogP contribution in [0.4, 0.5) is 0 Å². The summed E-state index contributed by atoms with van der Waals surface area (Å²) in [6.45, 7) is 1.07. The van der Waals surface area contributed by atoms with Gasteiger partial charge >= 0.3 is 0 Å². The first-order chi connectivity index (χ1) is 12.5. The second kappa shape index (κ2) is 8.22. The van der Waals surface area contributed by atoms with Gasteiger partial charge in [-0.1, -0.05) is 34.5 Å². The second-order valence-electron chi connectivity index (χ2n) is 5.40. The van der Waals surface area contributed by atoms with Gasteiger partial charge in [0.05, 0.1) is 34.5 Å². The maximum absolute atomic E-state index is 12.6. The summed E-state index contributed by atoms with van der Waals surface area (Å²) in [6, 6.07) is 10.5. The molecule has 3 aromatic rings. The maximum Gasteiger partial charge on any atom is 0.281 e. The second-order valence-corrected chi connectivity index (χ2v) is 7.26. The summed E-state index contributed by atoms with van der Waals surface area (Å²) < 4.78 is 13.4. The van der Waals surface area contributed by atoms with E-state index in [1.54, 1.807) is 26.4 Å². The van der Waals surface area contributed by atoms with E-state index in [4.69, 9.17) is 32.7 Å². The van der Waals surface area contributed by atoms with Gasteiger partial charge in [0, 0.05) is 18.7 Å². The Labute approximate surface area is 164 Å². The topological polar surface area (TPSA) is 52.8 Å². The van der Waals surface area contributed by atoms with E-state index in [9.17, 15) is 4.79 Å². The molecule has 0 saturated carbocycles. The van der Waals surface area contributed by atoms with E-state index >= 15 is 0 Å². The molecule has 1 aromatic heterocycles. The Balaban J connectivity index is 2.12. The van der Waals surface area contributed by atoms with Crippen LogP contribution in [0.25, 0.3) is 10.2 Å². The average Bonchev–Trinajstić information content (AvgIpc) is 2.95. The van der Waals surface area contributed by atoms with Crippen LogP contribution in [0.5, 0.6) is 5.75 Å². The van der Waals surface area contributed by atoms with Crippen molar-refractivity contribution < 1.29 is 14.3 Å². The Kier molecular flexibility index (Phi) is 5.98. The standard InChI is InChI=1S/C18H16Cl2N2O3S/c1-24-8-7-22-15-6-4-12(25-2)10-16(15)26-18(22)21-17(23)13-5-3-11(19)9-14(13)20/h3-6,9-10H,7-8H2,1-2H3. The van der Waals surface area contributed by atoms with Gasteiger partial charge in [-0.3, -0.25) is 4.79 Å². The lowest BCUT2D eigenvalue weighted by Crippen LogP contribution is -2.19. The SMILES string of the molecule is COCCn1c(=NC(=O)c2ccc(Cl)cc2Cl)sc2cc(OC)ccc21. The number of carbonyl (C=O) groups is 1. The highest BCUT2D eigenvalue weighted by Gasteiger charge is 2.13. The fraction of sp³-hybridized carbons (Fsp3) is 0.222. The molecule has 0 spiro atoms. The van der Waals surface area contributed by atoms with Gasteiger partial charge in [-0.2, -0.15) is 4.99 Å². The summed E-state index contributed by atoms with van der Waals surface area (Å²) >= 11 is 13.4. The van der Waals surface area contributed by atoms with Crippen LogP contribution in [0.1, 0.15) is 10.4 Å². The number of rotatable bonds is 5. The summed E-state index contributed by atoms with van der Waals surface area (Å²) in [5, 5.41) is 0.744. The Morgan fingerprint density at radius 3 is 2.69 bits per heavy atom. The predicted octanol–water partition coefficient (Wildman–Crippen LogP) is 4.41. The quantitative estimate of drug-likeness (QED) is 0.625. The first-order valence-corrected chi connectivity index (χ1v) is 9.31. The molecule has 2 aromatic carbocycles. The number of hydrogen-bond acceptors (Lipinski definition) is 4. The molecule has 26 heavy (non-hydrogen) atoms. The zero-order valence-corrected chi connectivity index (χ0v) is 16.5. The van der Waals surface area contributed by atoms with Crippen molar-refractivity contribution >= 4 is 50.7 Å². The largest absolute Gasteiger partial charge is 0.497 e. The van der Waals surface area contributed by atoms with Gasteiger partial charge in [0.1, 0.15) is 5.75 Å².